The van der Waals surface area contributed by atoms with Gasteiger partial charge in [-0.05, 0) is 36.6 Å². The summed E-state index contributed by atoms with van der Waals surface area (Å²) >= 11 is 6.15. The second-order valence-corrected chi connectivity index (χ2v) is 5.35. The van der Waals surface area contributed by atoms with E-state index in [1.165, 1.54) is 6.08 Å². The maximum Gasteiger partial charge on any atom is 0.244 e. The Morgan fingerprint density at radius 1 is 1.43 bits per heavy atom. The lowest BCUT2D eigenvalue weighted by Gasteiger charge is -2.11. The van der Waals surface area contributed by atoms with Crippen LogP contribution in [-0.4, -0.2) is 26.2 Å². The predicted molar refractivity (Wildman–Crippen MR) is 86.1 cm³/mol. The van der Waals surface area contributed by atoms with Gasteiger partial charge in [-0.3, -0.25) is 4.79 Å². The van der Waals surface area contributed by atoms with E-state index < -0.39 is 0 Å². The molecule has 0 aliphatic rings. The Morgan fingerprint density at radius 2 is 2.14 bits per heavy atom. The molecular weight excluding hydrogens is 290 g/mol. The van der Waals surface area contributed by atoms with Crippen LogP contribution < -0.4 is 14.8 Å². The molecule has 0 saturated carbocycles. The van der Waals surface area contributed by atoms with Crippen LogP contribution >= 0.6 is 11.6 Å². The van der Waals surface area contributed by atoms with E-state index >= 15 is 0 Å². The summed E-state index contributed by atoms with van der Waals surface area (Å²) in [5.41, 5.74) is 0.781. The van der Waals surface area contributed by atoms with Gasteiger partial charge in [0.1, 0.15) is 0 Å². The molecular formula is C16H22ClNO3. The van der Waals surface area contributed by atoms with Crippen LogP contribution in [0.3, 0.4) is 0 Å². The van der Waals surface area contributed by atoms with Crippen LogP contribution in [0.5, 0.6) is 11.5 Å². The predicted octanol–water partition coefficient (Wildman–Crippen LogP) is 3.53. The summed E-state index contributed by atoms with van der Waals surface area (Å²) in [6, 6.07) is 3.52. The van der Waals surface area contributed by atoms with Crippen molar-refractivity contribution >= 4 is 23.6 Å². The van der Waals surface area contributed by atoms with Gasteiger partial charge in [0.2, 0.25) is 5.91 Å². The first-order chi connectivity index (χ1) is 9.97. The fraction of sp³-hybridized carbons (Fsp3) is 0.438. The molecule has 0 heterocycles. The van der Waals surface area contributed by atoms with Gasteiger partial charge in [-0.2, -0.15) is 0 Å². The fourth-order valence-corrected chi connectivity index (χ4v) is 1.98. The molecule has 1 N–H and O–H groups in total. The van der Waals surface area contributed by atoms with Gasteiger partial charge < -0.3 is 14.8 Å². The van der Waals surface area contributed by atoms with Gasteiger partial charge in [-0.1, -0.05) is 25.4 Å². The topological polar surface area (TPSA) is 47.6 Å². The molecule has 0 unspecified atom stereocenters. The lowest BCUT2D eigenvalue weighted by molar-refractivity contribution is -0.116. The van der Waals surface area contributed by atoms with Crippen LogP contribution in [0, 0.1) is 5.92 Å². The number of rotatable bonds is 7. The molecule has 0 aromatic heterocycles. The molecule has 0 radical (unpaired) electrons. The summed E-state index contributed by atoms with van der Waals surface area (Å²) in [6.07, 6.45) is 3.18. The summed E-state index contributed by atoms with van der Waals surface area (Å²) in [7, 11) is 1.54. The Bertz CT molecular complexity index is 512. The van der Waals surface area contributed by atoms with Crippen molar-refractivity contribution in [2.24, 2.45) is 5.92 Å². The Morgan fingerprint density at radius 3 is 2.71 bits per heavy atom. The van der Waals surface area contributed by atoms with Gasteiger partial charge in [0.25, 0.3) is 0 Å². The highest BCUT2D eigenvalue weighted by atomic mass is 35.5. The maximum absolute atomic E-state index is 11.7. The quantitative estimate of drug-likeness (QED) is 0.784. The van der Waals surface area contributed by atoms with Gasteiger partial charge in [0.05, 0.1) is 18.7 Å². The van der Waals surface area contributed by atoms with Crippen LogP contribution in [0.1, 0.15) is 26.3 Å². The zero-order valence-electron chi connectivity index (χ0n) is 12.9. The highest BCUT2D eigenvalue weighted by molar-refractivity contribution is 6.32. The minimum Gasteiger partial charge on any atom is -0.491 e. The zero-order chi connectivity index (χ0) is 15.8. The van der Waals surface area contributed by atoms with E-state index in [-0.39, 0.29) is 5.91 Å². The van der Waals surface area contributed by atoms with Crippen molar-refractivity contribution in [3.63, 3.8) is 0 Å². The Kier molecular flexibility index (Phi) is 7.09. The van der Waals surface area contributed by atoms with Crippen LogP contribution in [-0.2, 0) is 4.79 Å². The van der Waals surface area contributed by atoms with E-state index in [1.807, 2.05) is 20.8 Å². The van der Waals surface area contributed by atoms with E-state index in [1.54, 1.807) is 25.3 Å². The van der Waals surface area contributed by atoms with Gasteiger partial charge in [0, 0.05) is 12.6 Å². The van der Waals surface area contributed by atoms with Crippen molar-refractivity contribution < 1.29 is 14.3 Å². The number of nitrogens with one attached hydrogen (secondary N) is 1. The van der Waals surface area contributed by atoms with Crippen LogP contribution in [0.2, 0.25) is 5.02 Å². The molecule has 116 valence electrons. The Balaban J connectivity index is 2.86. The van der Waals surface area contributed by atoms with E-state index in [2.05, 4.69) is 5.32 Å². The van der Waals surface area contributed by atoms with Crippen LogP contribution in [0.4, 0.5) is 0 Å². The third-order valence-corrected chi connectivity index (χ3v) is 2.93. The lowest BCUT2D eigenvalue weighted by atomic mass is 10.1. The highest BCUT2D eigenvalue weighted by Crippen LogP contribution is 2.36. The smallest absolute Gasteiger partial charge is 0.244 e. The second kappa shape index (κ2) is 8.57. The number of methoxy groups -OCH3 is 1. The Hall–Kier alpha value is -1.68. The zero-order valence-corrected chi connectivity index (χ0v) is 13.7. The van der Waals surface area contributed by atoms with Crippen molar-refractivity contribution in [2.45, 2.75) is 20.8 Å². The van der Waals surface area contributed by atoms with Crippen molar-refractivity contribution in [3.05, 3.63) is 28.8 Å². The molecule has 0 bridgehead atoms. The SMILES string of the molecule is CCOc1cc(/C=C/C(=O)NCC(C)C)cc(Cl)c1OC. The Labute approximate surface area is 131 Å². The lowest BCUT2D eigenvalue weighted by Crippen LogP contribution is -2.25. The largest absolute Gasteiger partial charge is 0.491 e. The number of carbonyl (C=O) groups excluding carboxylic acids is 1. The van der Waals surface area contributed by atoms with E-state index in [0.717, 1.165) is 5.56 Å². The molecule has 0 aliphatic carbocycles. The third-order valence-electron chi connectivity index (χ3n) is 2.65. The minimum atomic E-state index is -0.131. The van der Waals surface area contributed by atoms with Crippen molar-refractivity contribution in [2.75, 3.05) is 20.3 Å². The van der Waals surface area contributed by atoms with Gasteiger partial charge in [-0.25, -0.2) is 0 Å². The molecule has 1 aromatic rings. The number of hydrogen-bond donors (Lipinski definition) is 1. The van der Waals surface area contributed by atoms with Gasteiger partial charge in [-0.15, -0.1) is 0 Å². The standard InChI is InChI=1S/C16H22ClNO3/c1-5-21-14-9-12(8-13(17)16(14)20-4)6-7-15(19)18-10-11(2)3/h6-9,11H,5,10H2,1-4H3,(H,18,19)/b7-6+. The monoisotopic (exact) mass is 311 g/mol. The summed E-state index contributed by atoms with van der Waals surface area (Å²) in [4.78, 5) is 11.7. The first kappa shape index (κ1) is 17.4. The van der Waals surface area contributed by atoms with Crippen LogP contribution in [0.25, 0.3) is 6.08 Å². The fourth-order valence-electron chi connectivity index (χ4n) is 1.68. The van der Waals surface area contributed by atoms with E-state index in [0.29, 0.717) is 35.6 Å². The molecule has 1 amide bonds. The van der Waals surface area contributed by atoms with Gasteiger partial charge >= 0.3 is 0 Å². The first-order valence-corrected chi connectivity index (χ1v) is 7.32. The first-order valence-electron chi connectivity index (χ1n) is 6.94. The average Bonchev–Trinajstić information content (AvgIpc) is 2.43. The van der Waals surface area contributed by atoms with E-state index in [4.69, 9.17) is 21.1 Å². The summed E-state index contributed by atoms with van der Waals surface area (Å²) < 4.78 is 10.7. The number of halogens is 1. The van der Waals surface area contributed by atoms with Crippen molar-refractivity contribution in [1.29, 1.82) is 0 Å². The van der Waals surface area contributed by atoms with Crippen molar-refractivity contribution in [3.8, 4) is 11.5 Å². The minimum absolute atomic E-state index is 0.131. The molecule has 0 aliphatic heterocycles. The number of ether oxygens (including phenoxy) is 2. The molecule has 0 atom stereocenters. The molecule has 1 rings (SSSR count). The summed E-state index contributed by atoms with van der Waals surface area (Å²) in [5, 5.41) is 3.26. The number of carbonyl (C=O) groups is 1. The molecule has 5 heteroatoms. The molecule has 0 fully saturated rings. The molecule has 0 spiro atoms. The average molecular weight is 312 g/mol. The second-order valence-electron chi connectivity index (χ2n) is 4.94. The number of amides is 1. The van der Waals surface area contributed by atoms with Gasteiger partial charge in [0.15, 0.2) is 11.5 Å². The summed E-state index contributed by atoms with van der Waals surface area (Å²) in [5.74, 6) is 1.35. The summed E-state index contributed by atoms with van der Waals surface area (Å²) in [6.45, 7) is 7.13. The molecule has 4 nitrogen and oxygen atoms in total. The maximum atomic E-state index is 11.7. The third kappa shape index (κ3) is 5.68. The van der Waals surface area contributed by atoms with Crippen molar-refractivity contribution in [1.82, 2.24) is 5.32 Å². The van der Waals surface area contributed by atoms with E-state index in [9.17, 15) is 4.79 Å². The molecule has 21 heavy (non-hydrogen) atoms. The number of hydrogen-bond acceptors (Lipinski definition) is 3. The van der Waals surface area contributed by atoms with Crippen LogP contribution in [0.15, 0.2) is 18.2 Å². The highest BCUT2D eigenvalue weighted by Gasteiger charge is 2.10. The molecule has 0 saturated heterocycles. The molecule has 1 aromatic carbocycles. The number of benzene rings is 1. The normalized spacial score (nSPS) is 11.0.